The lowest BCUT2D eigenvalue weighted by molar-refractivity contribution is 0.185. The summed E-state index contributed by atoms with van der Waals surface area (Å²) in [5, 5.41) is 0. The third kappa shape index (κ3) is 3.16. The van der Waals surface area contributed by atoms with Gasteiger partial charge in [-0.05, 0) is 31.5 Å². The van der Waals surface area contributed by atoms with Crippen molar-refractivity contribution in [3.8, 4) is 5.75 Å². The molecule has 0 heterocycles. The van der Waals surface area contributed by atoms with Gasteiger partial charge in [0.2, 0.25) is 0 Å². The van der Waals surface area contributed by atoms with Crippen molar-refractivity contribution in [2.75, 3.05) is 19.9 Å². The SMILES string of the molecule is COc1ccc(CN(C)C2CCCCC2)c(N)c1. The molecule has 1 aromatic rings. The van der Waals surface area contributed by atoms with Crippen LogP contribution in [0.3, 0.4) is 0 Å². The van der Waals surface area contributed by atoms with Gasteiger partial charge in [0.05, 0.1) is 7.11 Å². The first-order valence-electron chi connectivity index (χ1n) is 6.83. The Bertz CT molecular complexity index is 386. The van der Waals surface area contributed by atoms with E-state index < -0.39 is 0 Å². The molecule has 18 heavy (non-hydrogen) atoms. The first kappa shape index (κ1) is 13.2. The molecule has 2 N–H and O–H groups in total. The van der Waals surface area contributed by atoms with Gasteiger partial charge in [-0.3, -0.25) is 4.90 Å². The monoisotopic (exact) mass is 248 g/mol. The highest BCUT2D eigenvalue weighted by atomic mass is 16.5. The fourth-order valence-corrected chi connectivity index (χ4v) is 2.76. The van der Waals surface area contributed by atoms with Gasteiger partial charge in [0.1, 0.15) is 5.75 Å². The molecule has 3 nitrogen and oxygen atoms in total. The lowest BCUT2D eigenvalue weighted by Crippen LogP contribution is -2.33. The van der Waals surface area contributed by atoms with Gasteiger partial charge in [0, 0.05) is 24.3 Å². The van der Waals surface area contributed by atoms with E-state index in [0.717, 1.165) is 24.0 Å². The Hall–Kier alpha value is -1.22. The number of methoxy groups -OCH3 is 1. The zero-order chi connectivity index (χ0) is 13.0. The highest BCUT2D eigenvalue weighted by Crippen LogP contribution is 2.25. The minimum atomic E-state index is 0.722. The third-order valence-electron chi connectivity index (χ3n) is 3.97. The van der Waals surface area contributed by atoms with E-state index in [0.29, 0.717) is 0 Å². The van der Waals surface area contributed by atoms with Crippen LogP contribution in [0.25, 0.3) is 0 Å². The molecule has 0 amide bonds. The summed E-state index contributed by atoms with van der Waals surface area (Å²) in [6.07, 6.45) is 6.79. The summed E-state index contributed by atoms with van der Waals surface area (Å²) in [5.74, 6) is 0.830. The van der Waals surface area contributed by atoms with Crippen LogP contribution in [0.4, 0.5) is 5.69 Å². The molecule has 2 rings (SSSR count). The van der Waals surface area contributed by atoms with Crippen molar-refractivity contribution in [3.63, 3.8) is 0 Å². The van der Waals surface area contributed by atoms with Crippen LogP contribution in [0.15, 0.2) is 18.2 Å². The number of nitrogens with zero attached hydrogens (tertiary/aromatic N) is 1. The highest BCUT2D eigenvalue weighted by molar-refractivity contribution is 5.51. The summed E-state index contributed by atoms with van der Waals surface area (Å²) in [4.78, 5) is 2.44. The molecular formula is C15H24N2O. The van der Waals surface area contributed by atoms with Gasteiger partial charge in [-0.1, -0.05) is 25.3 Å². The zero-order valence-corrected chi connectivity index (χ0v) is 11.5. The molecule has 0 atom stereocenters. The van der Waals surface area contributed by atoms with Gasteiger partial charge in [-0.25, -0.2) is 0 Å². The summed E-state index contributed by atoms with van der Waals surface area (Å²) in [6.45, 7) is 0.931. The number of benzene rings is 1. The quantitative estimate of drug-likeness (QED) is 0.832. The van der Waals surface area contributed by atoms with Gasteiger partial charge < -0.3 is 10.5 Å². The number of hydrogen-bond donors (Lipinski definition) is 1. The van der Waals surface area contributed by atoms with Crippen LogP contribution in [-0.4, -0.2) is 25.1 Å². The van der Waals surface area contributed by atoms with Crippen molar-refractivity contribution in [1.29, 1.82) is 0 Å². The first-order chi connectivity index (χ1) is 8.70. The number of ether oxygens (including phenoxy) is 1. The fraction of sp³-hybridized carbons (Fsp3) is 0.600. The van der Waals surface area contributed by atoms with Gasteiger partial charge in [0.15, 0.2) is 0 Å². The van der Waals surface area contributed by atoms with Crippen LogP contribution in [-0.2, 0) is 6.54 Å². The molecule has 1 aromatic carbocycles. The Labute approximate surface area is 110 Å². The molecule has 100 valence electrons. The predicted octanol–water partition coefficient (Wildman–Crippen LogP) is 3.04. The average Bonchev–Trinajstić information content (AvgIpc) is 2.42. The summed E-state index contributed by atoms with van der Waals surface area (Å²) in [6, 6.07) is 6.69. The van der Waals surface area contributed by atoms with E-state index in [9.17, 15) is 0 Å². The molecule has 1 aliphatic carbocycles. The molecule has 1 aliphatic rings. The Morgan fingerprint density at radius 1 is 1.28 bits per heavy atom. The van der Waals surface area contributed by atoms with Crippen molar-refractivity contribution >= 4 is 5.69 Å². The Morgan fingerprint density at radius 3 is 2.61 bits per heavy atom. The highest BCUT2D eigenvalue weighted by Gasteiger charge is 2.18. The van der Waals surface area contributed by atoms with Crippen molar-refractivity contribution < 1.29 is 4.74 Å². The van der Waals surface area contributed by atoms with E-state index in [-0.39, 0.29) is 0 Å². The molecule has 0 unspecified atom stereocenters. The van der Waals surface area contributed by atoms with Gasteiger partial charge in [-0.15, -0.1) is 0 Å². The lowest BCUT2D eigenvalue weighted by atomic mass is 9.94. The lowest BCUT2D eigenvalue weighted by Gasteiger charge is -2.31. The van der Waals surface area contributed by atoms with Crippen molar-refractivity contribution in [2.45, 2.75) is 44.7 Å². The summed E-state index contributed by atoms with van der Waals surface area (Å²) < 4.78 is 5.18. The Morgan fingerprint density at radius 2 is 2.00 bits per heavy atom. The number of nitrogens with two attached hydrogens (primary N) is 1. The molecule has 1 saturated carbocycles. The number of anilines is 1. The third-order valence-corrected chi connectivity index (χ3v) is 3.97. The summed E-state index contributed by atoms with van der Waals surface area (Å²) >= 11 is 0. The standard InChI is InChI=1S/C15H24N2O/c1-17(13-6-4-3-5-7-13)11-12-8-9-14(18-2)10-15(12)16/h8-10,13H,3-7,11,16H2,1-2H3. The van der Waals surface area contributed by atoms with E-state index in [1.54, 1.807) is 7.11 Å². The fourth-order valence-electron chi connectivity index (χ4n) is 2.76. The second kappa shape index (κ2) is 6.10. The van der Waals surface area contributed by atoms with E-state index in [1.807, 2.05) is 12.1 Å². The second-order valence-corrected chi connectivity index (χ2v) is 5.27. The van der Waals surface area contributed by atoms with Crippen LogP contribution in [0, 0.1) is 0 Å². The van der Waals surface area contributed by atoms with E-state index >= 15 is 0 Å². The van der Waals surface area contributed by atoms with Crippen molar-refractivity contribution in [3.05, 3.63) is 23.8 Å². The maximum atomic E-state index is 6.07. The minimum absolute atomic E-state index is 0.722. The molecule has 0 bridgehead atoms. The topological polar surface area (TPSA) is 38.5 Å². The van der Waals surface area contributed by atoms with Crippen LogP contribution >= 0.6 is 0 Å². The molecule has 0 radical (unpaired) electrons. The van der Waals surface area contributed by atoms with Gasteiger partial charge in [0.25, 0.3) is 0 Å². The molecule has 0 saturated heterocycles. The van der Waals surface area contributed by atoms with E-state index in [4.69, 9.17) is 10.5 Å². The summed E-state index contributed by atoms with van der Waals surface area (Å²) in [5.41, 5.74) is 8.10. The molecule has 0 spiro atoms. The normalized spacial score (nSPS) is 17.1. The van der Waals surface area contributed by atoms with Gasteiger partial charge in [-0.2, -0.15) is 0 Å². The van der Waals surface area contributed by atoms with E-state index in [1.165, 1.54) is 37.7 Å². The molecule has 0 aliphatic heterocycles. The summed E-state index contributed by atoms with van der Waals surface area (Å²) in [7, 11) is 3.88. The van der Waals surface area contributed by atoms with Crippen LogP contribution in [0.2, 0.25) is 0 Å². The second-order valence-electron chi connectivity index (χ2n) is 5.27. The molecule has 0 aromatic heterocycles. The zero-order valence-electron chi connectivity index (χ0n) is 11.5. The molecular weight excluding hydrogens is 224 g/mol. The van der Waals surface area contributed by atoms with Crippen molar-refractivity contribution in [1.82, 2.24) is 4.90 Å². The van der Waals surface area contributed by atoms with E-state index in [2.05, 4.69) is 18.0 Å². The maximum Gasteiger partial charge on any atom is 0.120 e. The van der Waals surface area contributed by atoms with Crippen LogP contribution in [0.5, 0.6) is 5.75 Å². The molecule has 1 fully saturated rings. The minimum Gasteiger partial charge on any atom is -0.497 e. The van der Waals surface area contributed by atoms with Crippen LogP contribution < -0.4 is 10.5 Å². The number of hydrogen-bond acceptors (Lipinski definition) is 3. The Balaban J connectivity index is 1.99. The van der Waals surface area contributed by atoms with Crippen LogP contribution in [0.1, 0.15) is 37.7 Å². The average molecular weight is 248 g/mol. The maximum absolute atomic E-state index is 6.07. The first-order valence-corrected chi connectivity index (χ1v) is 6.83. The number of rotatable bonds is 4. The Kier molecular flexibility index (Phi) is 4.48. The molecule has 3 heteroatoms. The largest absolute Gasteiger partial charge is 0.497 e. The van der Waals surface area contributed by atoms with Crippen molar-refractivity contribution in [2.24, 2.45) is 0 Å². The van der Waals surface area contributed by atoms with Gasteiger partial charge >= 0.3 is 0 Å². The predicted molar refractivity (Wildman–Crippen MR) is 75.7 cm³/mol. The number of nitrogen functional groups attached to an aromatic ring is 1. The smallest absolute Gasteiger partial charge is 0.120 e.